The van der Waals surface area contributed by atoms with Gasteiger partial charge in [0.1, 0.15) is 11.6 Å². The number of hydrogen-bond donors (Lipinski definition) is 0. The summed E-state index contributed by atoms with van der Waals surface area (Å²) in [6.07, 6.45) is 1.17. The topological polar surface area (TPSA) is 63.7 Å². The number of sulfone groups is 1. The fourth-order valence-corrected chi connectivity index (χ4v) is 4.54. The van der Waals surface area contributed by atoms with Crippen LogP contribution in [0.5, 0.6) is 5.75 Å². The summed E-state index contributed by atoms with van der Waals surface area (Å²) in [5.41, 5.74) is 0. The van der Waals surface area contributed by atoms with Gasteiger partial charge in [-0.25, -0.2) is 12.8 Å². The van der Waals surface area contributed by atoms with Crippen molar-refractivity contribution in [2.75, 3.05) is 24.7 Å². The van der Waals surface area contributed by atoms with E-state index in [1.54, 1.807) is 4.90 Å². The van der Waals surface area contributed by atoms with Gasteiger partial charge in [-0.3, -0.25) is 4.79 Å². The lowest BCUT2D eigenvalue weighted by molar-refractivity contribution is -0.135. The van der Waals surface area contributed by atoms with E-state index >= 15 is 0 Å². The van der Waals surface area contributed by atoms with E-state index in [9.17, 15) is 17.6 Å². The van der Waals surface area contributed by atoms with Crippen molar-refractivity contribution in [1.82, 2.24) is 4.90 Å². The third kappa shape index (κ3) is 4.81. The van der Waals surface area contributed by atoms with E-state index < -0.39 is 15.7 Å². The molecule has 23 heavy (non-hydrogen) atoms. The third-order valence-electron chi connectivity index (χ3n) is 3.68. The Morgan fingerprint density at radius 1 is 1.48 bits per heavy atom. The Hall–Kier alpha value is -1.34. The monoisotopic (exact) mass is 363 g/mol. The van der Waals surface area contributed by atoms with Gasteiger partial charge in [-0.15, -0.1) is 0 Å². The number of benzene rings is 1. The molecule has 1 aromatic rings. The summed E-state index contributed by atoms with van der Waals surface area (Å²) < 4.78 is 41.5. The average Bonchev–Trinajstić information content (AvgIpc) is 2.83. The van der Waals surface area contributed by atoms with Crippen LogP contribution in [0.4, 0.5) is 4.39 Å². The number of ether oxygens (including phenoxy) is 1. The lowest BCUT2D eigenvalue weighted by Crippen LogP contribution is -2.44. The average molecular weight is 364 g/mol. The van der Waals surface area contributed by atoms with Crippen LogP contribution in [-0.2, 0) is 14.6 Å². The summed E-state index contributed by atoms with van der Waals surface area (Å²) in [6.45, 7) is 2.13. The number of carbonyl (C=O) groups excluding carboxylic acids is 1. The molecule has 1 saturated heterocycles. The fourth-order valence-electron chi connectivity index (χ4n) is 2.59. The van der Waals surface area contributed by atoms with Gasteiger partial charge in [-0.2, -0.15) is 0 Å². The zero-order valence-electron chi connectivity index (χ0n) is 12.8. The first-order valence-electron chi connectivity index (χ1n) is 7.40. The van der Waals surface area contributed by atoms with Gasteiger partial charge in [0.05, 0.1) is 16.5 Å². The highest BCUT2D eigenvalue weighted by Crippen LogP contribution is 2.25. The molecule has 1 fully saturated rings. The summed E-state index contributed by atoms with van der Waals surface area (Å²) in [7, 11) is -3.07. The van der Waals surface area contributed by atoms with Crippen LogP contribution in [0.3, 0.4) is 0 Å². The fraction of sp³-hybridized carbons (Fsp3) is 0.533. The molecule has 2 rings (SSSR count). The molecule has 0 N–H and O–H groups in total. The van der Waals surface area contributed by atoms with E-state index in [-0.39, 0.29) is 40.8 Å². The molecule has 0 aromatic heterocycles. The Morgan fingerprint density at radius 3 is 2.78 bits per heavy atom. The second-order valence-electron chi connectivity index (χ2n) is 5.51. The SMILES string of the molecule is CCCN(C(=O)COc1ccc(F)cc1Cl)C1CCS(=O)(=O)C1. The normalized spacial score (nSPS) is 19.5. The van der Waals surface area contributed by atoms with Crippen LogP contribution in [0.15, 0.2) is 18.2 Å². The first-order chi connectivity index (χ1) is 10.8. The summed E-state index contributed by atoms with van der Waals surface area (Å²) in [4.78, 5) is 13.9. The van der Waals surface area contributed by atoms with E-state index in [1.165, 1.54) is 12.1 Å². The number of hydrogen-bond acceptors (Lipinski definition) is 4. The lowest BCUT2D eigenvalue weighted by Gasteiger charge is -2.28. The maximum atomic E-state index is 13.0. The van der Waals surface area contributed by atoms with Crippen LogP contribution < -0.4 is 4.74 Å². The highest BCUT2D eigenvalue weighted by Gasteiger charge is 2.34. The molecule has 0 spiro atoms. The van der Waals surface area contributed by atoms with Crippen LogP contribution >= 0.6 is 11.6 Å². The Bertz CT molecular complexity index is 680. The number of amides is 1. The second-order valence-corrected chi connectivity index (χ2v) is 8.14. The molecule has 5 nitrogen and oxygen atoms in total. The molecule has 128 valence electrons. The van der Waals surface area contributed by atoms with Crippen molar-refractivity contribution in [3.63, 3.8) is 0 Å². The van der Waals surface area contributed by atoms with Crippen molar-refractivity contribution in [1.29, 1.82) is 0 Å². The van der Waals surface area contributed by atoms with Gasteiger partial charge < -0.3 is 9.64 Å². The van der Waals surface area contributed by atoms with Gasteiger partial charge in [0.15, 0.2) is 16.4 Å². The minimum Gasteiger partial charge on any atom is -0.482 e. The summed E-state index contributed by atoms with van der Waals surface area (Å²) in [5.74, 6) is -0.463. The summed E-state index contributed by atoms with van der Waals surface area (Å²) in [5, 5.41) is 0.0864. The maximum absolute atomic E-state index is 13.0. The molecule has 0 radical (unpaired) electrons. The van der Waals surface area contributed by atoms with E-state index in [1.807, 2.05) is 6.92 Å². The molecule has 1 heterocycles. The largest absolute Gasteiger partial charge is 0.482 e. The minimum atomic E-state index is -3.07. The molecule has 1 aromatic carbocycles. The summed E-state index contributed by atoms with van der Waals surface area (Å²) in [6, 6.07) is 3.35. The third-order valence-corrected chi connectivity index (χ3v) is 5.72. The van der Waals surface area contributed by atoms with E-state index in [2.05, 4.69) is 0 Å². The molecular formula is C15H19ClFNO4S. The predicted molar refractivity (Wildman–Crippen MR) is 86.0 cm³/mol. The zero-order valence-corrected chi connectivity index (χ0v) is 14.4. The molecule has 0 aliphatic carbocycles. The smallest absolute Gasteiger partial charge is 0.260 e. The first-order valence-corrected chi connectivity index (χ1v) is 9.60. The van der Waals surface area contributed by atoms with Crippen molar-refractivity contribution in [2.45, 2.75) is 25.8 Å². The van der Waals surface area contributed by atoms with Crippen molar-refractivity contribution >= 4 is 27.3 Å². The highest BCUT2D eigenvalue weighted by molar-refractivity contribution is 7.91. The van der Waals surface area contributed by atoms with Crippen LogP contribution in [-0.4, -0.2) is 49.9 Å². The Balaban J connectivity index is 2.01. The maximum Gasteiger partial charge on any atom is 0.260 e. The number of halogens is 2. The van der Waals surface area contributed by atoms with Gasteiger partial charge in [0.25, 0.3) is 5.91 Å². The van der Waals surface area contributed by atoms with E-state index in [0.29, 0.717) is 13.0 Å². The zero-order chi connectivity index (χ0) is 17.0. The molecule has 1 amide bonds. The van der Waals surface area contributed by atoms with Crippen molar-refractivity contribution in [2.24, 2.45) is 0 Å². The van der Waals surface area contributed by atoms with Gasteiger partial charge >= 0.3 is 0 Å². The Kier molecular flexibility index (Phi) is 5.86. The van der Waals surface area contributed by atoms with Crippen molar-refractivity contribution in [3.8, 4) is 5.75 Å². The minimum absolute atomic E-state index is 0.00392. The van der Waals surface area contributed by atoms with Crippen molar-refractivity contribution in [3.05, 3.63) is 29.0 Å². The van der Waals surface area contributed by atoms with Crippen LogP contribution in [0.2, 0.25) is 5.02 Å². The molecule has 1 atom stereocenters. The van der Waals surface area contributed by atoms with Crippen LogP contribution in [0, 0.1) is 5.82 Å². The highest BCUT2D eigenvalue weighted by atomic mass is 35.5. The van der Waals surface area contributed by atoms with E-state index in [4.69, 9.17) is 16.3 Å². The molecule has 0 bridgehead atoms. The molecule has 1 aliphatic heterocycles. The summed E-state index contributed by atoms with van der Waals surface area (Å²) >= 11 is 5.85. The van der Waals surface area contributed by atoms with Crippen molar-refractivity contribution < 1.29 is 22.3 Å². The lowest BCUT2D eigenvalue weighted by atomic mass is 10.2. The van der Waals surface area contributed by atoms with Gasteiger partial charge in [-0.1, -0.05) is 18.5 Å². The van der Waals surface area contributed by atoms with E-state index in [0.717, 1.165) is 12.5 Å². The molecule has 1 unspecified atom stereocenters. The number of rotatable bonds is 6. The van der Waals surface area contributed by atoms with Crippen LogP contribution in [0.1, 0.15) is 19.8 Å². The predicted octanol–water partition coefficient (Wildman–Crippen LogP) is 2.28. The molecule has 8 heteroatoms. The number of nitrogens with zero attached hydrogens (tertiary/aromatic N) is 1. The quantitative estimate of drug-likeness (QED) is 0.777. The van der Waals surface area contributed by atoms with Crippen LogP contribution in [0.25, 0.3) is 0 Å². The number of carbonyl (C=O) groups is 1. The molecule has 0 saturated carbocycles. The first kappa shape index (κ1) is 18.0. The molecule has 1 aliphatic rings. The van der Waals surface area contributed by atoms with Gasteiger partial charge in [0.2, 0.25) is 0 Å². The second kappa shape index (κ2) is 7.49. The molecular weight excluding hydrogens is 345 g/mol. The Morgan fingerprint density at radius 2 is 2.22 bits per heavy atom. The van der Waals surface area contributed by atoms with Gasteiger partial charge in [-0.05, 0) is 31.0 Å². The van der Waals surface area contributed by atoms with Gasteiger partial charge in [0, 0.05) is 12.6 Å². The standard InChI is InChI=1S/C15H19ClFNO4S/c1-2-6-18(12-5-7-23(20,21)10-12)15(19)9-22-14-4-3-11(17)8-13(14)16/h3-4,8,12H,2,5-7,9-10H2,1H3. The Labute approximate surface area is 140 Å².